The van der Waals surface area contributed by atoms with Crippen molar-refractivity contribution in [2.45, 2.75) is 32.2 Å². The van der Waals surface area contributed by atoms with Crippen molar-refractivity contribution in [2.24, 2.45) is 0 Å². The van der Waals surface area contributed by atoms with E-state index < -0.39 is 0 Å². The van der Waals surface area contributed by atoms with E-state index in [1.165, 1.54) is 42.0 Å². The SMILES string of the molecule is CCCc1ccccc1NC1CCSC1. The van der Waals surface area contributed by atoms with Crippen LogP contribution in [0.1, 0.15) is 25.3 Å². The minimum atomic E-state index is 0.688. The summed E-state index contributed by atoms with van der Waals surface area (Å²) in [7, 11) is 0. The van der Waals surface area contributed by atoms with Crippen LogP contribution in [0.4, 0.5) is 5.69 Å². The zero-order valence-electron chi connectivity index (χ0n) is 9.33. The lowest BCUT2D eigenvalue weighted by Gasteiger charge is -2.16. The number of aryl methyl sites for hydroxylation is 1. The van der Waals surface area contributed by atoms with Gasteiger partial charge in [-0.05, 0) is 30.2 Å². The van der Waals surface area contributed by atoms with Crippen LogP contribution in [-0.2, 0) is 6.42 Å². The van der Waals surface area contributed by atoms with Gasteiger partial charge in [-0.1, -0.05) is 31.5 Å². The number of nitrogens with one attached hydrogen (secondary N) is 1. The summed E-state index contributed by atoms with van der Waals surface area (Å²) >= 11 is 2.06. The molecule has 2 rings (SSSR count). The van der Waals surface area contributed by atoms with E-state index in [9.17, 15) is 0 Å². The fourth-order valence-corrected chi connectivity index (χ4v) is 3.17. The smallest absolute Gasteiger partial charge is 0.0375 e. The van der Waals surface area contributed by atoms with Crippen LogP contribution in [0.15, 0.2) is 24.3 Å². The Morgan fingerprint density at radius 2 is 2.27 bits per heavy atom. The summed E-state index contributed by atoms with van der Waals surface area (Å²) in [5, 5.41) is 3.67. The number of benzene rings is 1. The van der Waals surface area contributed by atoms with Gasteiger partial charge in [0.15, 0.2) is 0 Å². The van der Waals surface area contributed by atoms with Gasteiger partial charge in [0.25, 0.3) is 0 Å². The Morgan fingerprint density at radius 3 is 3.00 bits per heavy atom. The number of hydrogen-bond donors (Lipinski definition) is 1. The van der Waals surface area contributed by atoms with E-state index in [1.54, 1.807) is 0 Å². The highest BCUT2D eigenvalue weighted by atomic mass is 32.2. The molecule has 0 amide bonds. The molecule has 0 aromatic heterocycles. The highest BCUT2D eigenvalue weighted by Crippen LogP contribution is 2.24. The molecular weight excluding hydrogens is 202 g/mol. The predicted octanol–water partition coefficient (Wildman–Crippen LogP) is 3.56. The van der Waals surface area contributed by atoms with Crippen molar-refractivity contribution in [3.05, 3.63) is 29.8 Å². The fraction of sp³-hybridized carbons (Fsp3) is 0.538. The van der Waals surface area contributed by atoms with Crippen LogP contribution in [-0.4, -0.2) is 17.5 Å². The summed E-state index contributed by atoms with van der Waals surface area (Å²) in [5.74, 6) is 2.58. The molecule has 1 fully saturated rings. The first-order chi connectivity index (χ1) is 7.40. The van der Waals surface area contributed by atoms with Crippen molar-refractivity contribution in [3.8, 4) is 0 Å². The molecule has 1 nitrogen and oxygen atoms in total. The Morgan fingerprint density at radius 1 is 1.40 bits per heavy atom. The van der Waals surface area contributed by atoms with Gasteiger partial charge in [-0.2, -0.15) is 11.8 Å². The second kappa shape index (κ2) is 5.45. The molecule has 1 heterocycles. The van der Waals surface area contributed by atoms with Crippen LogP contribution < -0.4 is 5.32 Å². The average molecular weight is 221 g/mol. The zero-order chi connectivity index (χ0) is 10.5. The lowest BCUT2D eigenvalue weighted by molar-refractivity contribution is 0.807. The molecule has 15 heavy (non-hydrogen) atoms. The molecule has 2 heteroatoms. The molecule has 82 valence electrons. The minimum Gasteiger partial charge on any atom is -0.381 e. The summed E-state index contributed by atoms with van der Waals surface area (Å²) in [4.78, 5) is 0. The highest BCUT2D eigenvalue weighted by Gasteiger charge is 2.15. The Balaban J connectivity index is 2.05. The van der Waals surface area contributed by atoms with Gasteiger partial charge in [0.05, 0.1) is 0 Å². The average Bonchev–Trinajstić information content (AvgIpc) is 2.74. The first kappa shape index (κ1) is 10.9. The van der Waals surface area contributed by atoms with Crippen LogP contribution in [0.25, 0.3) is 0 Å². The lowest BCUT2D eigenvalue weighted by Crippen LogP contribution is -2.18. The number of rotatable bonds is 4. The second-order valence-corrected chi connectivity index (χ2v) is 5.26. The Kier molecular flexibility index (Phi) is 3.95. The van der Waals surface area contributed by atoms with E-state index in [2.05, 4.69) is 48.3 Å². The molecule has 0 aliphatic carbocycles. The number of para-hydroxylation sites is 1. The molecule has 0 spiro atoms. The van der Waals surface area contributed by atoms with Crippen molar-refractivity contribution in [1.82, 2.24) is 0 Å². The Hall–Kier alpha value is -0.630. The summed E-state index contributed by atoms with van der Waals surface area (Å²) in [5.41, 5.74) is 2.82. The van der Waals surface area contributed by atoms with Crippen LogP contribution in [0.5, 0.6) is 0 Å². The van der Waals surface area contributed by atoms with Gasteiger partial charge in [0.2, 0.25) is 0 Å². The molecule has 1 aliphatic rings. The molecule has 0 bridgehead atoms. The van der Waals surface area contributed by atoms with Gasteiger partial charge >= 0.3 is 0 Å². The van der Waals surface area contributed by atoms with Gasteiger partial charge in [-0.25, -0.2) is 0 Å². The predicted molar refractivity (Wildman–Crippen MR) is 69.8 cm³/mol. The van der Waals surface area contributed by atoms with E-state index in [0.29, 0.717) is 6.04 Å². The summed E-state index contributed by atoms with van der Waals surface area (Å²) in [6.07, 6.45) is 3.71. The van der Waals surface area contributed by atoms with Crippen molar-refractivity contribution in [3.63, 3.8) is 0 Å². The monoisotopic (exact) mass is 221 g/mol. The summed E-state index contributed by atoms with van der Waals surface area (Å²) in [6.45, 7) is 2.24. The number of hydrogen-bond acceptors (Lipinski definition) is 2. The molecular formula is C13H19NS. The summed E-state index contributed by atoms with van der Waals surface area (Å²) < 4.78 is 0. The fourth-order valence-electron chi connectivity index (χ4n) is 2.02. The highest BCUT2D eigenvalue weighted by molar-refractivity contribution is 7.99. The van der Waals surface area contributed by atoms with Gasteiger partial charge in [-0.15, -0.1) is 0 Å². The summed E-state index contributed by atoms with van der Waals surface area (Å²) in [6, 6.07) is 9.42. The van der Waals surface area contributed by atoms with Crippen LogP contribution >= 0.6 is 11.8 Å². The maximum atomic E-state index is 3.67. The van der Waals surface area contributed by atoms with E-state index in [1.807, 2.05) is 0 Å². The van der Waals surface area contributed by atoms with Crippen LogP contribution in [0, 0.1) is 0 Å². The molecule has 1 aliphatic heterocycles. The topological polar surface area (TPSA) is 12.0 Å². The normalized spacial score (nSPS) is 20.5. The molecule has 1 saturated heterocycles. The number of thioether (sulfide) groups is 1. The zero-order valence-corrected chi connectivity index (χ0v) is 10.1. The standard InChI is InChI=1S/C13H19NS/c1-2-5-11-6-3-4-7-13(11)14-12-8-9-15-10-12/h3-4,6-7,12,14H,2,5,8-10H2,1H3. The third-order valence-corrected chi connectivity index (χ3v) is 3.99. The van der Waals surface area contributed by atoms with E-state index in [0.717, 1.165) is 0 Å². The lowest BCUT2D eigenvalue weighted by atomic mass is 10.1. The number of anilines is 1. The third kappa shape index (κ3) is 2.91. The van der Waals surface area contributed by atoms with Gasteiger partial charge in [-0.3, -0.25) is 0 Å². The van der Waals surface area contributed by atoms with Crippen LogP contribution in [0.3, 0.4) is 0 Å². The maximum Gasteiger partial charge on any atom is 0.0375 e. The Labute approximate surface area is 96.7 Å². The van der Waals surface area contributed by atoms with Crippen molar-refractivity contribution in [2.75, 3.05) is 16.8 Å². The first-order valence-corrected chi connectivity index (χ1v) is 6.98. The largest absolute Gasteiger partial charge is 0.381 e. The molecule has 0 saturated carbocycles. The molecule has 1 N–H and O–H groups in total. The maximum absolute atomic E-state index is 3.67. The van der Waals surface area contributed by atoms with E-state index >= 15 is 0 Å². The van der Waals surface area contributed by atoms with Crippen LogP contribution in [0.2, 0.25) is 0 Å². The van der Waals surface area contributed by atoms with E-state index in [4.69, 9.17) is 0 Å². The van der Waals surface area contributed by atoms with Gasteiger partial charge in [0, 0.05) is 17.5 Å². The van der Waals surface area contributed by atoms with Gasteiger partial charge < -0.3 is 5.32 Å². The van der Waals surface area contributed by atoms with Crippen molar-refractivity contribution < 1.29 is 0 Å². The van der Waals surface area contributed by atoms with E-state index in [-0.39, 0.29) is 0 Å². The minimum absolute atomic E-state index is 0.688. The van der Waals surface area contributed by atoms with Gasteiger partial charge in [0.1, 0.15) is 0 Å². The third-order valence-electron chi connectivity index (χ3n) is 2.83. The Bertz CT molecular complexity index is 305. The molecule has 0 radical (unpaired) electrons. The molecule has 1 unspecified atom stereocenters. The molecule has 1 atom stereocenters. The van der Waals surface area contributed by atoms with Crippen molar-refractivity contribution in [1.29, 1.82) is 0 Å². The second-order valence-electron chi connectivity index (χ2n) is 4.11. The molecule has 1 aromatic carbocycles. The van der Waals surface area contributed by atoms with Crippen molar-refractivity contribution >= 4 is 17.4 Å². The quantitative estimate of drug-likeness (QED) is 0.834. The molecule has 1 aromatic rings. The first-order valence-electron chi connectivity index (χ1n) is 5.82.